The number of alkyl halides is 1. The number of amidine groups is 1. The van der Waals surface area contributed by atoms with E-state index in [0.717, 1.165) is 12.1 Å². The van der Waals surface area contributed by atoms with Crippen molar-refractivity contribution >= 4 is 11.7 Å². The molecule has 0 amide bonds. The molecule has 1 heterocycles. The van der Waals surface area contributed by atoms with Crippen LogP contribution in [0.1, 0.15) is 18.0 Å². The third-order valence-electron chi connectivity index (χ3n) is 2.47. The summed E-state index contributed by atoms with van der Waals surface area (Å²) in [5.41, 5.74) is 5.39. The predicted octanol–water partition coefficient (Wildman–Crippen LogP) is 2.10. The van der Waals surface area contributed by atoms with Crippen LogP contribution in [0.3, 0.4) is 0 Å². The minimum atomic E-state index is -0.574. The molecule has 6 nitrogen and oxygen atoms in total. The van der Waals surface area contributed by atoms with E-state index >= 15 is 0 Å². The third kappa shape index (κ3) is 3.60. The van der Waals surface area contributed by atoms with Gasteiger partial charge in [0.05, 0.1) is 24.7 Å². The molecule has 1 aromatic rings. The van der Waals surface area contributed by atoms with E-state index in [1.54, 1.807) is 0 Å². The van der Waals surface area contributed by atoms with Crippen LogP contribution >= 0.6 is 0 Å². The summed E-state index contributed by atoms with van der Waals surface area (Å²) >= 11 is 0. The number of nitro groups is 1. The summed E-state index contributed by atoms with van der Waals surface area (Å²) in [4.78, 5) is 14.0. The van der Waals surface area contributed by atoms with E-state index in [2.05, 4.69) is 4.99 Å². The third-order valence-corrected chi connectivity index (χ3v) is 2.47. The van der Waals surface area contributed by atoms with Gasteiger partial charge in [0, 0.05) is 24.1 Å². The number of hydrogen-bond acceptors (Lipinski definition) is 5. The molecule has 19 heavy (non-hydrogen) atoms. The molecule has 1 aliphatic rings. The Morgan fingerprint density at radius 2 is 2.21 bits per heavy atom. The first-order chi connectivity index (χ1) is 9.08. The highest BCUT2D eigenvalue weighted by molar-refractivity contribution is 5.72. The summed E-state index contributed by atoms with van der Waals surface area (Å²) in [6.07, 6.45) is 0.443. The standard InChI is InChI=1S/C10H10FN3O3.CH3F/c11-8-2-1-6(14(15)16)5-7(8)9-3-4-17-10(12)13-9;1-2/h1-2,5,9H,3-4H2,(H2,12,13);1H3. The fourth-order valence-corrected chi connectivity index (χ4v) is 1.66. The van der Waals surface area contributed by atoms with Gasteiger partial charge in [-0.3, -0.25) is 14.5 Å². The van der Waals surface area contributed by atoms with Crippen LogP contribution in [0.25, 0.3) is 0 Å². The van der Waals surface area contributed by atoms with Crippen molar-refractivity contribution in [3.05, 3.63) is 39.7 Å². The van der Waals surface area contributed by atoms with E-state index in [9.17, 15) is 18.9 Å². The molecule has 0 spiro atoms. The summed E-state index contributed by atoms with van der Waals surface area (Å²) in [6, 6.07) is 2.82. The normalized spacial score (nSPS) is 17.6. The molecule has 104 valence electrons. The quantitative estimate of drug-likeness (QED) is 0.659. The summed E-state index contributed by atoms with van der Waals surface area (Å²) in [7, 11) is 0.500. The number of ether oxygens (including phenoxy) is 1. The Balaban J connectivity index is 0.000000861. The maximum atomic E-state index is 13.6. The van der Waals surface area contributed by atoms with E-state index in [1.165, 1.54) is 6.07 Å². The van der Waals surface area contributed by atoms with Crippen LogP contribution in [-0.4, -0.2) is 24.7 Å². The van der Waals surface area contributed by atoms with Crippen molar-refractivity contribution in [1.29, 1.82) is 0 Å². The zero-order chi connectivity index (χ0) is 14.4. The summed E-state index contributed by atoms with van der Waals surface area (Å²) < 4.78 is 28.0. The van der Waals surface area contributed by atoms with Crippen molar-refractivity contribution in [2.75, 3.05) is 13.8 Å². The van der Waals surface area contributed by atoms with Crippen LogP contribution in [0.4, 0.5) is 14.5 Å². The molecule has 2 rings (SSSR count). The number of non-ortho nitro benzene ring substituents is 1. The molecule has 0 saturated heterocycles. The Bertz CT molecular complexity index is 494. The highest BCUT2D eigenvalue weighted by Crippen LogP contribution is 2.29. The van der Waals surface area contributed by atoms with E-state index in [1.807, 2.05) is 0 Å². The van der Waals surface area contributed by atoms with Crippen molar-refractivity contribution in [3.63, 3.8) is 0 Å². The number of rotatable bonds is 2. The van der Waals surface area contributed by atoms with Crippen LogP contribution in [0, 0.1) is 15.9 Å². The minimum Gasteiger partial charge on any atom is -0.465 e. The minimum absolute atomic E-state index is 0.0212. The molecule has 8 heteroatoms. The number of nitro benzene ring substituents is 1. The molecule has 2 N–H and O–H groups in total. The van der Waals surface area contributed by atoms with Crippen molar-refractivity contribution in [3.8, 4) is 0 Å². The second-order valence-electron chi connectivity index (χ2n) is 3.58. The molecule has 0 radical (unpaired) electrons. The maximum absolute atomic E-state index is 13.6. The zero-order valence-electron chi connectivity index (χ0n) is 10.2. The number of nitrogens with two attached hydrogens (primary N) is 1. The first-order valence-electron chi connectivity index (χ1n) is 5.35. The average Bonchev–Trinajstić information content (AvgIpc) is 2.41. The van der Waals surface area contributed by atoms with Crippen LogP contribution in [0.15, 0.2) is 23.2 Å². The van der Waals surface area contributed by atoms with Crippen LogP contribution in [-0.2, 0) is 4.74 Å². The Hall–Kier alpha value is -2.25. The van der Waals surface area contributed by atoms with E-state index < -0.39 is 16.8 Å². The van der Waals surface area contributed by atoms with Gasteiger partial charge in [0.25, 0.3) is 11.7 Å². The van der Waals surface area contributed by atoms with Gasteiger partial charge in [0.15, 0.2) is 0 Å². The molecule has 0 fully saturated rings. The lowest BCUT2D eigenvalue weighted by Crippen LogP contribution is -2.24. The smallest absolute Gasteiger partial charge is 0.282 e. The number of benzene rings is 1. The lowest BCUT2D eigenvalue weighted by molar-refractivity contribution is -0.385. The van der Waals surface area contributed by atoms with Gasteiger partial charge in [-0.15, -0.1) is 0 Å². The highest BCUT2D eigenvalue weighted by atomic mass is 19.1. The van der Waals surface area contributed by atoms with Crippen molar-refractivity contribution < 1.29 is 18.4 Å². The van der Waals surface area contributed by atoms with Gasteiger partial charge < -0.3 is 10.5 Å². The van der Waals surface area contributed by atoms with E-state index in [-0.39, 0.29) is 17.3 Å². The molecule has 1 aliphatic heterocycles. The Morgan fingerprint density at radius 1 is 1.53 bits per heavy atom. The predicted molar refractivity (Wildman–Crippen MR) is 65.0 cm³/mol. The summed E-state index contributed by atoms with van der Waals surface area (Å²) in [6.45, 7) is 0.322. The van der Waals surface area contributed by atoms with E-state index in [4.69, 9.17) is 10.5 Å². The summed E-state index contributed by atoms with van der Waals surface area (Å²) in [5.74, 6) is -0.529. The van der Waals surface area contributed by atoms with Gasteiger partial charge in [-0.1, -0.05) is 0 Å². The Morgan fingerprint density at radius 3 is 2.79 bits per heavy atom. The van der Waals surface area contributed by atoms with Gasteiger partial charge in [0.2, 0.25) is 0 Å². The second kappa shape index (κ2) is 6.62. The summed E-state index contributed by atoms with van der Waals surface area (Å²) in [5, 5.41) is 10.6. The molecular formula is C11H13F2N3O3. The molecule has 1 atom stereocenters. The van der Waals surface area contributed by atoms with Crippen LogP contribution < -0.4 is 5.73 Å². The first-order valence-corrected chi connectivity index (χ1v) is 5.35. The van der Waals surface area contributed by atoms with Crippen LogP contribution in [0.2, 0.25) is 0 Å². The lowest BCUT2D eigenvalue weighted by Gasteiger charge is -2.19. The molecule has 0 saturated carbocycles. The molecule has 1 aromatic carbocycles. The van der Waals surface area contributed by atoms with Gasteiger partial charge in [-0.05, 0) is 6.07 Å². The van der Waals surface area contributed by atoms with Gasteiger partial charge in [-0.2, -0.15) is 0 Å². The average molecular weight is 273 g/mol. The van der Waals surface area contributed by atoms with Gasteiger partial charge in [0.1, 0.15) is 5.82 Å². The largest absolute Gasteiger partial charge is 0.465 e. The highest BCUT2D eigenvalue weighted by Gasteiger charge is 2.22. The lowest BCUT2D eigenvalue weighted by atomic mass is 10.0. The van der Waals surface area contributed by atoms with Crippen molar-refractivity contribution in [1.82, 2.24) is 0 Å². The Kier molecular flexibility index (Phi) is 5.16. The monoisotopic (exact) mass is 273 g/mol. The topological polar surface area (TPSA) is 90.8 Å². The zero-order valence-corrected chi connectivity index (χ0v) is 10.2. The number of nitrogens with zero attached hydrogens (tertiary/aromatic N) is 2. The SMILES string of the molecule is CF.NC1=NC(c2cc([N+](=O)[O-])ccc2F)CCO1. The molecule has 0 bridgehead atoms. The van der Waals surface area contributed by atoms with Gasteiger partial charge in [-0.25, -0.2) is 9.38 Å². The number of aliphatic imine (C=N–C) groups is 1. The first kappa shape index (κ1) is 14.8. The molecular weight excluding hydrogens is 260 g/mol. The second-order valence-corrected chi connectivity index (χ2v) is 3.58. The van der Waals surface area contributed by atoms with Crippen LogP contribution in [0.5, 0.6) is 0 Å². The van der Waals surface area contributed by atoms with Gasteiger partial charge >= 0.3 is 0 Å². The molecule has 0 aliphatic carbocycles. The maximum Gasteiger partial charge on any atom is 0.282 e. The number of hydrogen-bond donors (Lipinski definition) is 1. The van der Waals surface area contributed by atoms with E-state index in [0.29, 0.717) is 20.2 Å². The Labute approximate surface area is 108 Å². The fraction of sp³-hybridized carbons (Fsp3) is 0.364. The molecule has 0 aromatic heterocycles. The molecule has 1 unspecified atom stereocenters. The van der Waals surface area contributed by atoms with Crippen molar-refractivity contribution in [2.24, 2.45) is 10.7 Å². The fourth-order valence-electron chi connectivity index (χ4n) is 1.66. The number of halogens is 2. The van der Waals surface area contributed by atoms with Crippen molar-refractivity contribution in [2.45, 2.75) is 12.5 Å².